The molecule has 0 saturated heterocycles. The molecule has 1 heterocycles. The molecule has 2 heteroatoms. The number of rotatable bonds is 4. The Bertz CT molecular complexity index is 499. The summed E-state index contributed by atoms with van der Waals surface area (Å²) < 4.78 is 0. The molecular formula is C18H27NS. The highest BCUT2D eigenvalue weighted by molar-refractivity contribution is 7.10. The van der Waals surface area contributed by atoms with E-state index in [-0.39, 0.29) is 0 Å². The van der Waals surface area contributed by atoms with Gasteiger partial charge in [-0.25, -0.2) is 0 Å². The lowest BCUT2D eigenvalue weighted by Gasteiger charge is -2.62. The summed E-state index contributed by atoms with van der Waals surface area (Å²) in [5, 5.41) is 6.26. The fourth-order valence-corrected chi connectivity index (χ4v) is 5.69. The van der Waals surface area contributed by atoms with Gasteiger partial charge < -0.3 is 5.32 Å². The van der Waals surface area contributed by atoms with Crippen molar-refractivity contribution < 1.29 is 0 Å². The number of hydrogen-bond acceptors (Lipinski definition) is 2. The Hall–Kier alpha value is -0.340. The molecule has 2 bridgehead atoms. The molecule has 4 aliphatic carbocycles. The van der Waals surface area contributed by atoms with Crippen LogP contribution in [0.15, 0.2) is 11.4 Å². The predicted molar refractivity (Wildman–Crippen MR) is 86.1 cm³/mol. The average molecular weight is 289 g/mol. The van der Waals surface area contributed by atoms with Crippen LogP contribution >= 0.6 is 11.3 Å². The van der Waals surface area contributed by atoms with Crippen LogP contribution < -0.4 is 5.32 Å². The molecule has 4 unspecified atom stereocenters. The van der Waals surface area contributed by atoms with E-state index in [1.807, 2.05) is 11.3 Å². The third-order valence-corrected chi connectivity index (χ3v) is 7.57. The smallest absolute Gasteiger partial charge is 0.0302 e. The highest BCUT2D eigenvalue weighted by Gasteiger charge is 2.55. The number of hydrogen-bond donors (Lipinski definition) is 1. The van der Waals surface area contributed by atoms with Crippen molar-refractivity contribution in [3.05, 3.63) is 21.9 Å². The summed E-state index contributed by atoms with van der Waals surface area (Å²) in [6.45, 7) is 8.54. The second-order valence-electron chi connectivity index (χ2n) is 8.06. The number of thiophene rings is 1. The van der Waals surface area contributed by atoms with Crippen molar-refractivity contribution in [3.63, 3.8) is 0 Å². The molecule has 1 nitrogen and oxygen atoms in total. The van der Waals surface area contributed by atoms with E-state index in [1.54, 1.807) is 5.56 Å². The van der Waals surface area contributed by atoms with Crippen LogP contribution in [0.1, 0.15) is 62.8 Å². The summed E-state index contributed by atoms with van der Waals surface area (Å²) in [5.74, 6) is 3.66. The topological polar surface area (TPSA) is 12.0 Å². The van der Waals surface area contributed by atoms with Crippen molar-refractivity contribution in [2.24, 2.45) is 23.2 Å². The van der Waals surface area contributed by atoms with Gasteiger partial charge in [-0.15, -0.1) is 11.3 Å². The SMILES string of the molecule is CC1C(NCc2cc(C3CC3)cs2)CC2CC1C2(C)C. The first-order valence-corrected chi connectivity index (χ1v) is 9.24. The molecule has 0 aromatic carbocycles. The minimum atomic E-state index is 0.611. The lowest BCUT2D eigenvalue weighted by atomic mass is 9.45. The molecule has 5 rings (SSSR count). The Morgan fingerprint density at radius 1 is 1.30 bits per heavy atom. The highest BCUT2D eigenvalue weighted by atomic mass is 32.1. The van der Waals surface area contributed by atoms with E-state index in [0.29, 0.717) is 5.41 Å². The van der Waals surface area contributed by atoms with Gasteiger partial charge in [-0.3, -0.25) is 0 Å². The fraction of sp³-hybridized carbons (Fsp3) is 0.778. The summed E-state index contributed by atoms with van der Waals surface area (Å²) in [5.41, 5.74) is 2.21. The van der Waals surface area contributed by atoms with E-state index >= 15 is 0 Å². The van der Waals surface area contributed by atoms with Crippen LogP contribution in [0.2, 0.25) is 0 Å². The second-order valence-corrected chi connectivity index (χ2v) is 9.06. The van der Waals surface area contributed by atoms with E-state index in [1.165, 1.54) is 30.6 Å². The van der Waals surface area contributed by atoms with Crippen LogP contribution in [0.5, 0.6) is 0 Å². The van der Waals surface area contributed by atoms with Crippen molar-refractivity contribution in [1.82, 2.24) is 5.32 Å². The molecule has 4 aliphatic rings. The minimum Gasteiger partial charge on any atom is -0.309 e. The summed E-state index contributed by atoms with van der Waals surface area (Å²) in [4.78, 5) is 1.54. The minimum absolute atomic E-state index is 0.611. The lowest BCUT2D eigenvalue weighted by Crippen LogP contribution is -2.59. The van der Waals surface area contributed by atoms with Crippen molar-refractivity contribution in [2.45, 2.75) is 65.0 Å². The van der Waals surface area contributed by atoms with Gasteiger partial charge in [0.2, 0.25) is 0 Å². The summed E-state index contributed by atoms with van der Waals surface area (Å²) in [6.07, 6.45) is 5.71. The Kier molecular flexibility index (Phi) is 3.05. The van der Waals surface area contributed by atoms with E-state index < -0.39 is 0 Å². The van der Waals surface area contributed by atoms with Crippen LogP contribution in [0, 0.1) is 23.2 Å². The molecule has 4 atom stereocenters. The zero-order valence-electron chi connectivity index (χ0n) is 13.0. The quantitative estimate of drug-likeness (QED) is 0.840. The van der Waals surface area contributed by atoms with Crippen molar-refractivity contribution in [2.75, 3.05) is 0 Å². The summed E-state index contributed by atoms with van der Waals surface area (Å²) in [7, 11) is 0. The molecular weight excluding hydrogens is 262 g/mol. The van der Waals surface area contributed by atoms with Crippen LogP contribution in [-0.4, -0.2) is 6.04 Å². The van der Waals surface area contributed by atoms with Gasteiger partial charge in [-0.2, -0.15) is 0 Å². The van der Waals surface area contributed by atoms with Crippen LogP contribution in [-0.2, 0) is 6.54 Å². The maximum atomic E-state index is 3.87. The molecule has 1 aromatic heterocycles. The molecule has 0 aliphatic heterocycles. The van der Waals surface area contributed by atoms with Gasteiger partial charge >= 0.3 is 0 Å². The first kappa shape index (κ1) is 13.3. The molecule has 4 saturated carbocycles. The highest BCUT2D eigenvalue weighted by Crippen LogP contribution is 2.61. The van der Waals surface area contributed by atoms with Gasteiger partial charge in [0.1, 0.15) is 0 Å². The molecule has 1 aromatic rings. The van der Waals surface area contributed by atoms with Crippen molar-refractivity contribution in [3.8, 4) is 0 Å². The first-order chi connectivity index (χ1) is 9.55. The zero-order chi connectivity index (χ0) is 13.9. The Balaban J connectivity index is 1.35. The van der Waals surface area contributed by atoms with Gasteiger partial charge in [-0.1, -0.05) is 20.8 Å². The van der Waals surface area contributed by atoms with Gasteiger partial charge in [0.05, 0.1) is 0 Å². The largest absolute Gasteiger partial charge is 0.309 e. The Morgan fingerprint density at radius 2 is 2.10 bits per heavy atom. The van der Waals surface area contributed by atoms with E-state index in [4.69, 9.17) is 0 Å². The standard InChI is InChI=1S/C18H27NS/c1-11-16-7-14(18(16,2)3)8-17(11)19-9-15-6-13(10-20-15)12-4-5-12/h6,10-12,14,16-17,19H,4-5,7-9H2,1-3H3. The van der Waals surface area contributed by atoms with Crippen LogP contribution in [0.25, 0.3) is 0 Å². The van der Waals surface area contributed by atoms with Gasteiger partial charge in [0, 0.05) is 17.5 Å². The number of fused-ring (bicyclic) bond motifs is 2. The zero-order valence-corrected chi connectivity index (χ0v) is 13.8. The van der Waals surface area contributed by atoms with Gasteiger partial charge in [0.15, 0.2) is 0 Å². The molecule has 0 radical (unpaired) electrons. The monoisotopic (exact) mass is 289 g/mol. The van der Waals surface area contributed by atoms with Crippen LogP contribution in [0.3, 0.4) is 0 Å². The van der Waals surface area contributed by atoms with E-state index in [2.05, 4.69) is 37.5 Å². The van der Waals surface area contributed by atoms with Gasteiger partial charge in [-0.05, 0) is 71.8 Å². The van der Waals surface area contributed by atoms with E-state index in [9.17, 15) is 0 Å². The maximum absolute atomic E-state index is 3.87. The third kappa shape index (κ3) is 2.07. The predicted octanol–water partition coefficient (Wildman–Crippen LogP) is 4.79. The normalized spacial score (nSPS) is 38.5. The first-order valence-electron chi connectivity index (χ1n) is 8.36. The van der Waals surface area contributed by atoms with Crippen molar-refractivity contribution >= 4 is 11.3 Å². The number of nitrogens with one attached hydrogen (secondary N) is 1. The molecule has 4 fully saturated rings. The molecule has 20 heavy (non-hydrogen) atoms. The van der Waals surface area contributed by atoms with Crippen LogP contribution in [0.4, 0.5) is 0 Å². The third-order valence-electron chi connectivity index (χ3n) is 6.62. The van der Waals surface area contributed by atoms with E-state index in [0.717, 1.165) is 36.3 Å². The molecule has 110 valence electrons. The Labute approximate surface area is 127 Å². The molecule has 0 spiro atoms. The maximum Gasteiger partial charge on any atom is 0.0302 e. The lowest BCUT2D eigenvalue weighted by molar-refractivity contribution is -0.115. The second kappa shape index (κ2) is 4.58. The summed E-state index contributed by atoms with van der Waals surface area (Å²) >= 11 is 1.96. The van der Waals surface area contributed by atoms with Crippen molar-refractivity contribution in [1.29, 1.82) is 0 Å². The fourth-order valence-electron chi connectivity index (χ4n) is 4.77. The van der Waals surface area contributed by atoms with Gasteiger partial charge in [0.25, 0.3) is 0 Å². The average Bonchev–Trinajstić information content (AvgIpc) is 3.16. The molecule has 1 N–H and O–H groups in total. The Morgan fingerprint density at radius 3 is 2.75 bits per heavy atom. The summed E-state index contributed by atoms with van der Waals surface area (Å²) in [6, 6.07) is 3.20. The molecule has 0 amide bonds.